The molecule has 0 saturated carbocycles. The normalized spacial score (nSPS) is 23.6. The van der Waals surface area contributed by atoms with E-state index in [1.54, 1.807) is 0 Å². The van der Waals surface area contributed by atoms with Gasteiger partial charge in [0.25, 0.3) is 0 Å². The maximum absolute atomic E-state index is 4.26. The summed E-state index contributed by atoms with van der Waals surface area (Å²) in [4.78, 5) is 9.06. The van der Waals surface area contributed by atoms with Gasteiger partial charge < -0.3 is 14.8 Å². The Balaban J connectivity index is 1.87. The van der Waals surface area contributed by atoms with Crippen molar-refractivity contribution >= 4 is 5.95 Å². The maximum Gasteiger partial charge on any atom is 0.202 e. The monoisotopic (exact) mass is 223 g/mol. The Bertz CT molecular complexity index is 335. The first-order chi connectivity index (χ1) is 7.66. The third-order valence-electron chi connectivity index (χ3n) is 3.30. The molecule has 1 unspecified atom stereocenters. The number of likely N-dealkylation sites (N-methyl/N-ethyl adjacent to an activating group) is 2. The summed E-state index contributed by atoms with van der Waals surface area (Å²) < 4.78 is 2.01. The van der Waals surface area contributed by atoms with Gasteiger partial charge in [-0.05, 0) is 14.1 Å². The Morgan fingerprint density at radius 1 is 1.38 bits per heavy atom. The molecule has 0 spiro atoms. The molecule has 1 aliphatic rings. The molecule has 1 saturated heterocycles. The van der Waals surface area contributed by atoms with Gasteiger partial charge in [0.05, 0.1) is 0 Å². The molecule has 1 aromatic rings. The Morgan fingerprint density at radius 2 is 2.19 bits per heavy atom. The summed E-state index contributed by atoms with van der Waals surface area (Å²) in [7, 11) is 6.38. The van der Waals surface area contributed by atoms with E-state index in [4.69, 9.17) is 0 Å². The van der Waals surface area contributed by atoms with E-state index in [0.29, 0.717) is 6.04 Å². The second-order valence-electron chi connectivity index (χ2n) is 4.64. The van der Waals surface area contributed by atoms with Crippen LogP contribution < -0.4 is 5.32 Å². The number of nitrogens with zero attached hydrogens (tertiary/aromatic N) is 4. The lowest BCUT2D eigenvalue weighted by atomic mass is 10.2. The molecule has 1 aliphatic heterocycles. The van der Waals surface area contributed by atoms with Gasteiger partial charge in [-0.3, -0.25) is 4.90 Å². The van der Waals surface area contributed by atoms with Gasteiger partial charge in [0.2, 0.25) is 5.95 Å². The van der Waals surface area contributed by atoms with E-state index in [0.717, 1.165) is 32.1 Å². The van der Waals surface area contributed by atoms with Gasteiger partial charge in [0.15, 0.2) is 0 Å². The predicted molar refractivity (Wildman–Crippen MR) is 65.6 cm³/mol. The number of nitrogens with one attached hydrogen (secondary N) is 1. The Morgan fingerprint density at radius 3 is 2.88 bits per heavy atom. The summed E-state index contributed by atoms with van der Waals surface area (Å²) in [5.41, 5.74) is 0. The maximum atomic E-state index is 4.26. The first-order valence-corrected chi connectivity index (χ1v) is 5.77. The lowest BCUT2D eigenvalue weighted by Gasteiger charge is -2.37. The fraction of sp³-hybridized carbons (Fsp3) is 0.727. The fourth-order valence-corrected chi connectivity index (χ4v) is 2.07. The van der Waals surface area contributed by atoms with Gasteiger partial charge in [0, 0.05) is 51.7 Å². The van der Waals surface area contributed by atoms with Gasteiger partial charge in [-0.25, -0.2) is 4.98 Å². The minimum Gasteiger partial charge on any atom is -0.354 e. The second-order valence-corrected chi connectivity index (χ2v) is 4.64. The highest BCUT2D eigenvalue weighted by Crippen LogP contribution is 2.07. The molecule has 5 nitrogen and oxygen atoms in total. The highest BCUT2D eigenvalue weighted by Gasteiger charge is 2.21. The number of rotatable bonds is 3. The number of aryl methyl sites for hydroxylation is 1. The minimum atomic E-state index is 0.565. The van der Waals surface area contributed by atoms with Crippen LogP contribution >= 0.6 is 0 Å². The second kappa shape index (κ2) is 4.84. The van der Waals surface area contributed by atoms with Crippen LogP contribution in [0, 0.1) is 0 Å². The van der Waals surface area contributed by atoms with Crippen molar-refractivity contribution in [2.24, 2.45) is 7.05 Å². The number of hydrogen-bond acceptors (Lipinski definition) is 4. The zero-order chi connectivity index (χ0) is 11.5. The SMILES string of the molecule is CN1CCN(C)C(CNc2nccn2C)C1. The summed E-state index contributed by atoms with van der Waals surface area (Å²) in [6, 6.07) is 0.565. The molecule has 2 rings (SSSR count). The number of hydrogen-bond donors (Lipinski definition) is 1. The van der Waals surface area contributed by atoms with Crippen LogP contribution in [0.25, 0.3) is 0 Å². The average molecular weight is 223 g/mol. The van der Waals surface area contributed by atoms with Gasteiger partial charge in [-0.1, -0.05) is 0 Å². The molecule has 0 aliphatic carbocycles. The van der Waals surface area contributed by atoms with Gasteiger partial charge in [0.1, 0.15) is 0 Å². The topological polar surface area (TPSA) is 36.3 Å². The smallest absolute Gasteiger partial charge is 0.202 e. The van der Waals surface area contributed by atoms with Crippen molar-refractivity contribution in [2.45, 2.75) is 6.04 Å². The molecule has 1 aromatic heterocycles. The van der Waals surface area contributed by atoms with Gasteiger partial charge in [-0.2, -0.15) is 0 Å². The molecule has 90 valence electrons. The highest BCUT2D eigenvalue weighted by atomic mass is 15.3. The van der Waals surface area contributed by atoms with Crippen LogP contribution in [0.2, 0.25) is 0 Å². The van der Waals surface area contributed by atoms with Crippen LogP contribution in [-0.4, -0.2) is 65.7 Å². The predicted octanol–water partition coefficient (Wildman–Crippen LogP) is 0.0778. The van der Waals surface area contributed by atoms with Crippen LogP contribution in [-0.2, 0) is 7.05 Å². The number of imidazole rings is 1. The summed E-state index contributed by atoms with van der Waals surface area (Å²) in [5, 5.41) is 3.40. The van der Waals surface area contributed by atoms with Gasteiger partial charge in [-0.15, -0.1) is 0 Å². The Labute approximate surface area is 97.1 Å². The molecule has 0 aromatic carbocycles. The van der Waals surface area contributed by atoms with Crippen molar-refractivity contribution in [2.75, 3.05) is 45.6 Å². The Hall–Kier alpha value is -1.07. The first-order valence-electron chi connectivity index (χ1n) is 5.77. The third kappa shape index (κ3) is 2.54. The van der Waals surface area contributed by atoms with Crippen LogP contribution in [0.3, 0.4) is 0 Å². The molecule has 2 heterocycles. The quantitative estimate of drug-likeness (QED) is 0.787. The molecule has 1 N–H and O–H groups in total. The third-order valence-corrected chi connectivity index (χ3v) is 3.30. The molecule has 5 heteroatoms. The van der Waals surface area contributed by atoms with E-state index in [9.17, 15) is 0 Å². The van der Waals surface area contributed by atoms with Crippen molar-refractivity contribution in [1.29, 1.82) is 0 Å². The summed E-state index contributed by atoms with van der Waals surface area (Å²) in [6.45, 7) is 4.37. The first kappa shape index (κ1) is 11.4. The van der Waals surface area contributed by atoms with Gasteiger partial charge >= 0.3 is 0 Å². The zero-order valence-electron chi connectivity index (χ0n) is 10.3. The van der Waals surface area contributed by atoms with Crippen molar-refractivity contribution in [1.82, 2.24) is 19.4 Å². The summed E-state index contributed by atoms with van der Waals surface area (Å²) >= 11 is 0. The van der Waals surface area contributed by atoms with E-state index >= 15 is 0 Å². The highest BCUT2D eigenvalue weighted by molar-refractivity contribution is 5.25. The summed E-state index contributed by atoms with van der Waals surface area (Å²) in [6.07, 6.45) is 3.78. The average Bonchev–Trinajstić information content (AvgIpc) is 2.66. The standard InChI is InChI=1S/C11H21N5/c1-14-6-7-15(2)10(9-14)8-13-11-12-4-5-16(11)3/h4-5,10H,6-9H2,1-3H3,(H,12,13). The molecule has 16 heavy (non-hydrogen) atoms. The minimum absolute atomic E-state index is 0.565. The van der Waals surface area contributed by atoms with E-state index in [1.165, 1.54) is 0 Å². The number of piperazine rings is 1. The molecule has 1 fully saturated rings. The van der Waals surface area contributed by atoms with Crippen molar-refractivity contribution < 1.29 is 0 Å². The van der Waals surface area contributed by atoms with E-state index < -0.39 is 0 Å². The molecule has 1 atom stereocenters. The summed E-state index contributed by atoms with van der Waals surface area (Å²) in [5.74, 6) is 0.946. The van der Waals surface area contributed by atoms with Crippen LogP contribution in [0.4, 0.5) is 5.95 Å². The molecule has 0 bridgehead atoms. The zero-order valence-corrected chi connectivity index (χ0v) is 10.3. The number of aromatic nitrogens is 2. The van der Waals surface area contributed by atoms with Crippen LogP contribution in [0.5, 0.6) is 0 Å². The van der Waals surface area contributed by atoms with Crippen molar-refractivity contribution in [3.8, 4) is 0 Å². The molecule has 0 amide bonds. The largest absolute Gasteiger partial charge is 0.354 e. The molecular formula is C11H21N5. The Kier molecular flexibility index (Phi) is 3.46. The molecule has 0 radical (unpaired) electrons. The van der Waals surface area contributed by atoms with E-state index in [-0.39, 0.29) is 0 Å². The van der Waals surface area contributed by atoms with Crippen LogP contribution in [0.1, 0.15) is 0 Å². The van der Waals surface area contributed by atoms with Crippen LogP contribution in [0.15, 0.2) is 12.4 Å². The lowest BCUT2D eigenvalue weighted by molar-refractivity contribution is 0.121. The molecular weight excluding hydrogens is 202 g/mol. The van der Waals surface area contributed by atoms with Crippen molar-refractivity contribution in [3.63, 3.8) is 0 Å². The fourth-order valence-electron chi connectivity index (χ4n) is 2.07. The van der Waals surface area contributed by atoms with Crippen molar-refractivity contribution in [3.05, 3.63) is 12.4 Å². The number of anilines is 1. The lowest BCUT2D eigenvalue weighted by Crippen LogP contribution is -2.52. The van der Waals surface area contributed by atoms with E-state index in [1.807, 2.05) is 24.0 Å². The van der Waals surface area contributed by atoms with E-state index in [2.05, 4.69) is 34.2 Å².